The lowest BCUT2D eigenvalue weighted by Crippen LogP contribution is -2.20. The summed E-state index contributed by atoms with van der Waals surface area (Å²) in [6, 6.07) is 20.0. The molecule has 0 saturated carbocycles. The van der Waals surface area contributed by atoms with E-state index in [2.05, 4.69) is 10.6 Å². The van der Waals surface area contributed by atoms with Crippen LogP contribution >= 0.6 is 0 Å². The van der Waals surface area contributed by atoms with Gasteiger partial charge in [-0.3, -0.25) is 4.79 Å². The topological polar surface area (TPSA) is 87.7 Å². The molecule has 0 atom stereocenters. The van der Waals surface area contributed by atoms with Crippen molar-refractivity contribution < 1.29 is 19.4 Å². The van der Waals surface area contributed by atoms with Crippen molar-refractivity contribution in [2.24, 2.45) is 0 Å². The summed E-state index contributed by atoms with van der Waals surface area (Å²) in [4.78, 5) is 23.1. The van der Waals surface area contributed by atoms with E-state index in [0.717, 1.165) is 28.1 Å². The van der Waals surface area contributed by atoms with Crippen molar-refractivity contribution in [2.45, 2.75) is 20.4 Å². The Morgan fingerprint density at radius 3 is 2.30 bits per heavy atom. The minimum atomic E-state index is -0.953. The molecule has 6 heteroatoms. The first kappa shape index (κ1) is 20.9. The number of amides is 1. The zero-order valence-corrected chi connectivity index (χ0v) is 16.9. The fourth-order valence-corrected chi connectivity index (χ4v) is 2.83. The number of carboxylic acid groups (broad SMARTS) is 1. The lowest BCUT2D eigenvalue weighted by Gasteiger charge is -2.11. The lowest BCUT2D eigenvalue weighted by atomic mass is 10.1. The number of rotatable bonds is 8. The molecule has 1 amide bonds. The minimum absolute atomic E-state index is 0.0767. The van der Waals surface area contributed by atoms with E-state index in [1.54, 1.807) is 30.3 Å². The van der Waals surface area contributed by atoms with Crippen LogP contribution in [0.3, 0.4) is 0 Å². The van der Waals surface area contributed by atoms with Crippen molar-refractivity contribution in [1.82, 2.24) is 0 Å². The first-order valence-corrected chi connectivity index (χ1v) is 9.57. The molecule has 0 radical (unpaired) electrons. The van der Waals surface area contributed by atoms with Crippen LogP contribution in [0.1, 0.15) is 27.0 Å². The van der Waals surface area contributed by atoms with E-state index in [1.165, 1.54) is 0 Å². The van der Waals surface area contributed by atoms with Gasteiger partial charge < -0.3 is 20.5 Å². The smallest absolute Gasteiger partial charge is 0.335 e. The Balaban J connectivity index is 1.50. The Labute approximate surface area is 175 Å². The van der Waals surface area contributed by atoms with Gasteiger partial charge >= 0.3 is 5.97 Å². The maximum Gasteiger partial charge on any atom is 0.335 e. The Bertz CT molecular complexity index is 1030. The monoisotopic (exact) mass is 404 g/mol. The highest BCUT2D eigenvalue weighted by molar-refractivity contribution is 5.91. The number of benzene rings is 3. The van der Waals surface area contributed by atoms with Gasteiger partial charge in [0.15, 0.2) is 6.61 Å². The van der Waals surface area contributed by atoms with E-state index in [0.29, 0.717) is 12.3 Å². The molecule has 0 aliphatic rings. The van der Waals surface area contributed by atoms with Crippen LogP contribution in [0.2, 0.25) is 0 Å². The summed E-state index contributed by atoms with van der Waals surface area (Å²) in [5.41, 5.74) is 4.87. The number of ether oxygens (including phenoxy) is 1. The van der Waals surface area contributed by atoms with Gasteiger partial charge in [-0.25, -0.2) is 4.79 Å². The van der Waals surface area contributed by atoms with E-state index in [9.17, 15) is 9.59 Å². The second-order valence-corrected chi connectivity index (χ2v) is 7.04. The third-order valence-electron chi connectivity index (χ3n) is 4.60. The molecule has 0 bridgehead atoms. The number of hydrogen-bond donors (Lipinski definition) is 3. The van der Waals surface area contributed by atoms with Gasteiger partial charge in [0.2, 0.25) is 0 Å². The number of aromatic carboxylic acids is 1. The third kappa shape index (κ3) is 5.85. The summed E-state index contributed by atoms with van der Waals surface area (Å²) in [5.74, 6) is -0.578. The van der Waals surface area contributed by atoms with Gasteiger partial charge in [0.1, 0.15) is 5.75 Å². The molecule has 3 aromatic rings. The molecule has 0 aromatic heterocycles. The fourth-order valence-electron chi connectivity index (χ4n) is 2.83. The van der Waals surface area contributed by atoms with Crippen LogP contribution in [0.5, 0.6) is 5.75 Å². The molecule has 0 heterocycles. The van der Waals surface area contributed by atoms with Crippen molar-refractivity contribution in [1.29, 1.82) is 0 Å². The largest absolute Gasteiger partial charge is 0.484 e. The molecule has 30 heavy (non-hydrogen) atoms. The van der Waals surface area contributed by atoms with Crippen LogP contribution in [0.4, 0.5) is 11.4 Å². The number of carboxylic acids is 1. The molecule has 0 aliphatic carbocycles. The summed E-state index contributed by atoms with van der Waals surface area (Å²) in [6.07, 6.45) is 0. The van der Waals surface area contributed by atoms with Crippen LogP contribution in [-0.2, 0) is 11.3 Å². The first-order chi connectivity index (χ1) is 14.4. The van der Waals surface area contributed by atoms with Crippen molar-refractivity contribution in [2.75, 3.05) is 17.2 Å². The molecule has 0 unspecified atom stereocenters. The van der Waals surface area contributed by atoms with Gasteiger partial charge in [-0.05, 0) is 61.4 Å². The van der Waals surface area contributed by atoms with Crippen molar-refractivity contribution in [3.8, 4) is 5.75 Å². The van der Waals surface area contributed by atoms with E-state index in [4.69, 9.17) is 9.84 Å². The van der Waals surface area contributed by atoms with Gasteiger partial charge in [0, 0.05) is 17.9 Å². The van der Waals surface area contributed by atoms with Crippen LogP contribution in [0, 0.1) is 13.8 Å². The first-order valence-electron chi connectivity index (χ1n) is 9.57. The molecule has 154 valence electrons. The standard InChI is InChI=1S/C24H24N2O4/c1-16-3-9-20(10-4-16)26-23(27)15-30-21-11-6-18(7-12-21)14-25-22-13-19(24(28)29)8-5-17(22)2/h3-13,25H,14-15H2,1-2H3,(H,26,27)(H,28,29). The van der Waals surface area contributed by atoms with Crippen LogP contribution in [0.15, 0.2) is 66.7 Å². The Kier molecular flexibility index (Phi) is 6.70. The zero-order chi connectivity index (χ0) is 21.5. The van der Waals surface area contributed by atoms with Gasteiger partial charge in [0.25, 0.3) is 5.91 Å². The highest BCUT2D eigenvalue weighted by Crippen LogP contribution is 2.19. The van der Waals surface area contributed by atoms with Crippen molar-refractivity contribution in [3.05, 3.63) is 89.0 Å². The number of nitrogens with one attached hydrogen (secondary N) is 2. The number of anilines is 2. The second-order valence-electron chi connectivity index (χ2n) is 7.04. The van der Waals surface area contributed by atoms with E-state index in [-0.39, 0.29) is 18.1 Å². The van der Waals surface area contributed by atoms with Crippen LogP contribution in [-0.4, -0.2) is 23.6 Å². The summed E-state index contributed by atoms with van der Waals surface area (Å²) in [6.45, 7) is 4.37. The molecule has 3 rings (SSSR count). The van der Waals surface area contributed by atoms with Crippen LogP contribution in [0.25, 0.3) is 0 Å². The van der Waals surface area contributed by atoms with Gasteiger partial charge in [0.05, 0.1) is 5.56 Å². The van der Waals surface area contributed by atoms with Gasteiger partial charge in [-0.1, -0.05) is 35.9 Å². The summed E-state index contributed by atoms with van der Waals surface area (Å²) < 4.78 is 5.54. The zero-order valence-electron chi connectivity index (χ0n) is 16.9. The average Bonchev–Trinajstić information content (AvgIpc) is 2.74. The summed E-state index contributed by atoms with van der Waals surface area (Å²) >= 11 is 0. The summed E-state index contributed by atoms with van der Waals surface area (Å²) in [5, 5.41) is 15.2. The number of carbonyl (C=O) groups excluding carboxylic acids is 1. The lowest BCUT2D eigenvalue weighted by molar-refractivity contribution is -0.118. The normalized spacial score (nSPS) is 10.3. The van der Waals surface area contributed by atoms with E-state index in [1.807, 2.05) is 50.2 Å². The Morgan fingerprint density at radius 2 is 1.63 bits per heavy atom. The second kappa shape index (κ2) is 9.60. The molecule has 0 saturated heterocycles. The predicted molar refractivity (Wildman–Crippen MR) is 117 cm³/mol. The molecular weight excluding hydrogens is 380 g/mol. The van der Waals surface area contributed by atoms with Crippen molar-refractivity contribution >= 4 is 23.3 Å². The predicted octanol–water partition coefficient (Wildman–Crippen LogP) is 4.63. The number of aryl methyl sites for hydroxylation is 2. The SMILES string of the molecule is Cc1ccc(NC(=O)COc2ccc(CNc3cc(C(=O)O)ccc3C)cc2)cc1. The molecule has 3 aromatic carbocycles. The third-order valence-corrected chi connectivity index (χ3v) is 4.60. The Morgan fingerprint density at radius 1 is 0.933 bits per heavy atom. The highest BCUT2D eigenvalue weighted by atomic mass is 16.5. The van der Waals surface area contributed by atoms with Gasteiger partial charge in [-0.15, -0.1) is 0 Å². The van der Waals surface area contributed by atoms with E-state index < -0.39 is 5.97 Å². The van der Waals surface area contributed by atoms with Crippen LogP contribution < -0.4 is 15.4 Å². The van der Waals surface area contributed by atoms with E-state index >= 15 is 0 Å². The maximum absolute atomic E-state index is 12.0. The number of carbonyl (C=O) groups is 2. The minimum Gasteiger partial charge on any atom is -0.484 e. The molecular formula is C24H24N2O4. The molecule has 3 N–H and O–H groups in total. The Hall–Kier alpha value is -3.80. The van der Waals surface area contributed by atoms with Crippen molar-refractivity contribution in [3.63, 3.8) is 0 Å². The molecule has 0 fully saturated rings. The maximum atomic E-state index is 12.0. The fraction of sp³-hybridized carbons (Fsp3) is 0.167. The van der Waals surface area contributed by atoms with Gasteiger partial charge in [-0.2, -0.15) is 0 Å². The highest BCUT2D eigenvalue weighted by Gasteiger charge is 2.07. The molecule has 6 nitrogen and oxygen atoms in total. The number of hydrogen-bond acceptors (Lipinski definition) is 4. The quantitative estimate of drug-likeness (QED) is 0.509. The molecule has 0 aliphatic heterocycles. The summed E-state index contributed by atoms with van der Waals surface area (Å²) in [7, 11) is 0. The molecule has 0 spiro atoms. The average molecular weight is 404 g/mol.